The highest BCUT2D eigenvalue weighted by Crippen LogP contribution is 2.19. The van der Waals surface area contributed by atoms with Crippen molar-refractivity contribution in [1.29, 1.82) is 0 Å². The molecule has 1 aromatic heterocycles. The Labute approximate surface area is 230 Å². The summed E-state index contributed by atoms with van der Waals surface area (Å²) in [5.74, 6) is -4.32. The van der Waals surface area contributed by atoms with Crippen LogP contribution in [0.1, 0.15) is 38.7 Å². The van der Waals surface area contributed by atoms with Crippen LogP contribution in [-0.2, 0) is 30.4 Å². The van der Waals surface area contributed by atoms with E-state index in [1.165, 1.54) is 11.8 Å². The summed E-state index contributed by atoms with van der Waals surface area (Å²) in [5.41, 5.74) is 7.38. The zero-order valence-corrected chi connectivity index (χ0v) is 23.0. The van der Waals surface area contributed by atoms with Crippen molar-refractivity contribution in [3.05, 3.63) is 36.0 Å². The molecule has 2 rings (SSSR count). The molecule has 4 atom stereocenters. The number of hydrogen-bond acceptors (Lipinski definition) is 7. The van der Waals surface area contributed by atoms with E-state index in [0.717, 1.165) is 10.9 Å². The van der Waals surface area contributed by atoms with Gasteiger partial charge in [0.2, 0.25) is 17.7 Å². The Hall–Kier alpha value is -3.58. The van der Waals surface area contributed by atoms with E-state index in [-0.39, 0.29) is 18.8 Å². The summed E-state index contributed by atoms with van der Waals surface area (Å²) in [6.45, 7) is 3.73. The number of aromatic amines is 1. The lowest BCUT2D eigenvalue weighted by molar-refractivity contribution is -0.143. The Kier molecular flexibility index (Phi) is 12.3. The van der Waals surface area contributed by atoms with E-state index < -0.39 is 60.2 Å². The summed E-state index contributed by atoms with van der Waals surface area (Å²) in [4.78, 5) is 65.4. The average molecular weight is 564 g/mol. The van der Waals surface area contributed by atoms with Crippen molar-refractivity contribution in [2.24, 2.45) is 11.7 Å². The summed E-state index contributed by atoms with van der Waals surface area (Å²) in [5, 5.41) is 27.1. The van der Waals surface area contributed by atoms with Crippen LogP contribution in [0, 0.1) is 5.92 Å². The first-order chi connectivity index (χ1) is 18.4. The van der Waals surface area contributed by atoms with Crippen LogP contribution in [0.15, 0.2) is 30.5 Å². The van der Waals surface area contributed by atoms with Crippen molar-refractivity contribution in [3.63, 3.8) is 0 Å². The summed E-state index contributed by atoms with van der Waals surface area (Å²) in [6.07, 6.45) is 3.23. The van der Waals surface area contributed by atoms with E-state index in [2.05, 4.69) is 20.9 Å². The maximum absolute atomic E-state index is 13.3. The predicted octanol–water partition coefficient (Wildman–Crippen LogP) is 0.851. The Morgan fingerprint density at radius 3 is 2.18 bits per heavy atom. The highest BCUT2D eigenvalue weighted by atomic mass is 32.2. The third-order valence-corrected chi connectivity index (χ3v) is 6.67. The first kappa shape index (κ1) is 31.6. The number of hydrogen-bond donors (Lipinski definition) is 7. The van der Waals surface area contributed by atoms with Gasteiger partial charge in [-0.25, -0.2) is 4.79 Å². The maximum atomic E-state index is 13.3. The number of aliphatic carboxylic acids is 2. The molecule has 0 fully saturated rings. The minimum atomic E-state index is -1.50. The number of aromatic nitrogens is 1. The zero-order valence-electron chi connectivity index (χ0n) is 22.2. The number of carbonyl (C=O) groups excluding carboxylic acids is 3. The number of nitrogens with one attached hydrogen (secondary N) is 4. The molecule has 214 valence electrons. The van der Waals surface area contributed by atoms with Crippen LogP contribution in [0.4, 0.5) is 0 Å². The number of carboxylic acids is 2. The number of fused-ring (bicyclic) bond motifs is 1. The van der Waals surface area contributed by atoms with Gasteiger partial charge >= 0.3 is 11.9 Å². The van der Waals surface area contributed by atoms with Gasteiger partial charge in [-0.05, 0) is 42.4 Å². The molecule has 0 aliphatic carbocycles. The van der Waals surface area contributed by atoms with Crippen molar-refractivity contribution >= 4 is 52.3 Å². The van der Waals surface area contributed by atoms with Gasteiger partial charge in [-0.2, -0.15) is 11.8 Å². The molecule has 3 amide bonds. The second-order valence-electron chi connectivity index (χ2n) is 9.70. The normalized spacial score (nSPS) is 14.3. The number of nitrogens with two attached hydrogens (primary N) is 1. The van der Waals surface area contributed by atoms with E-state index >= 15 is 0 Å². The van der Waals surface area contributed by atoms with Gasteiger partial charge in [0.1, 0.15) is 18.1 Å². The van der Waals surface area contributed by atoms with Crippen molar-refractivity contribution < 1.29 is 34.2 Å². The molecule has 39 heavy (non-hydrogen) atoms. The molecule has 0 saturated carbocycles. The number of carbonyl (C=O) groups is 5. The van der Waals surface area contributed by atoms with E-state index in [0.29, 0.717) is 17.7 Å². The second-order valence-corrected chi connectivity index (χ2v) is 10.7. The molecule has 2 aromatic rings. The number of H-pyrrole nitrogens is 1. The highest BCUT2D eigenvalue weighted by Gasteiger charge is 2.32. The van der Waals surface area contributed by atoms with Crippen LogP contribution in [-0.4, -0.2) is 81.0 Å². The van der Waals surface area contributed by atoms with Gasteiger partial charge < -0.3 is 36.9 Å². The molecule has 13 heteroatoms. The number of thioether (sulfide) groups is 1. The maximum Gasteiger partial charge on any atom is 0.326 e. The molecule has 0 bridgehead atoms. The van der Waals surface area contributed by atoms with Gasteiger partial charge in [-0.1, -0.05) is 32.0 Å². The molecular weight excluding hydrogens is 526 g/mol. The molecule has 4 unspecified atom stereocenters. The molecule has 0 spiro atoms. The fourth-order valence-corrected chi connectivity index (χ4v) is 4.52. The fraction of sp³-hybridized carbons (Fsp3) is 0.500. The van der Waals surface area contributed by atoms with Gasteiger partial charge in [-0.3, -0.25) is 19.2 Å². The monoisotopic (exact) mass is 563 g/mol. The van der Waals surface area contributed by atoms with Crippen molar-refractivity contribution in [2.75, 3.05) is 12.0 Å². The van der Waals surface area contributed by atoms with E-state index in [9.17, 15) is 34.2 Å². The fourth-order valence-electron chi connectivity index (χ4n) is 4.04. The molecule has 12 nitrogen and oxygen atoms in total. The van der Waals surface area contributed by atoms with Gasteiger partial charge in [0, 0.05) is 23.5 Å². The first-order valence-corrected chi connectivity index (χ1v) is 14.0. The van der Waals surface area contributed by atoms with Gasteiger partial charge in [0.25, 0.3) is 0 Å². The molecule has 1 heterocycles. The highest BCUT2D eigenvalue weighted by molar-refractivity contribution is 7.98. The summed E-state index contributed by atoms with van der Waals surface area (Å²) >= 11 is 1.43. The van der Waals surface area contributed by atoms with Crippen LogP contribution in [0.25, 0.3) is 10.9 Å². The number of carboxylic acid groups (broad SMARTS) is 2. The number of rotatable bonds is 16. The molecule has 0 aliphatic heterocycles. The lowest BCUT2D eigenvalue weighted by Crippen LogP contribution is -2.58. The molecule has 1 aromatic carbocycles. The minimum absolute atomic E-state index is 0.0168. The standard InChI is InChI=1S/C26H37N5O7S/c1-14(2)10-17(27)23(34)30-21(12-22(32)33)25(36)31-20(24(35)29-19(26(37)38)8-9-39-3)11-15-13-28-18-7-5-4-6-16(15)18/h4-7,13-14,17,19-21,28H,8-12,27H2,1-3H3,(H,29,35)(H,30,34)(H,31,36)(H,32,33)(H,37,38). The van der Waals surface area contributed by atoms with Crippen LogP contribution in [0.3, 0.4) is 0 Å². The van der Waals surface area contributed by atoms with Crippen LogP contribution in [0.5, 0.6) is 0 Å². The minimum Gasteiger partial charge on any atom is -0.481 e. The van der Waals surface area contributed by atoms with Crippen LogP contribution in [0.2, 0.25) is 0 Å². The first-order valence-electron chi connectivity index (χ1n) is 12.6. The third-order valence-electron chi connectivity index (χ3n) is 6.03. The Morgan fingerprint density at radius 2 is 1.56 bits per heavy atom. The van der Waals surface area contributed by atoms with Gasteiger partial charge in [-0.15, -0.1) is 0 Å². The molecule has 8 N–H and O–H groups in total. The third kappa shape index (κ3) is 9.91. The number of benzene rings is 1. The van der Waals surface area contributed by atoms with Crippen molar-refractivity contribution in [2.45, 2.75) is 63.7 Å². The lowest BCUT2D eigenvalue weighted by atomic mass is 10.0. The van der Waals surface area contributed by atoms with Crippen molar-refractivity contribution in [1.82, 2.24) is 20.9 Å². The van der Waals surface area contributed by atoms with E-state index in [4.69, 9.17) is 5.73 Å². The van der Waals surface area contributed by atoms with Gasteiger partial charge in [0.05, 0.1) is 12.5 Å². The SMILES string of the molecule is CSCCC(NC(=O)C(Cc1c[nH]c2ccccc12)NC(=O)C(CC(=O)O)NC(=O)C(N)CC(C)C)C(=O)O. The molecular formula is C26H37N5O7S. The van der Waals surface area contributed by atoms with E-state index in [1.807, 2.05) is 44.4 Å². The predicted molar refractivity (Wildman–Crippen MR) is 148 cm³/mol. The summed E-state index contributed by atoms with van der Waals surface area (Å²) < 4.78 is 0. The summed E-state index contributed by atoms with van der Waals surface area (Å²) in [7, 11) is 0. The molecule has 0 saturated heterocycles. The van der Waals surface area contributed by atoms with Crippen molar-refractivity contribution in [3.8, 4) is 0 Å². The molecule has 0 radical (unpaired) electrons. The topological polar surface area (TPSA) is 204 Å². The van der Waals surface area contributed by atoms with Crippen LogP contribution >= 0.6 is 11.8 Å². The smallest absolute Gasteiger partial charge is 0.326 e. The number of para-hydroxylation sites is 1. The Balaban J connectivity index is 2.31. The number of amides is 3. The lowest BCUT2D eigenvalue weighted by Gasteiger charge is -2.25. The Bertz CT molecular complexity index is 1170. The zero-order chi connectivity index (χ0) is 29.1. The second kappa shape index (κ2) is 15.1. The Morgan fingerprint density at radius 1 is 0.949 bits per heavy atom. The van der Waals surface area contributed by atoms with E-state index in [1.54, 1.807) is 6.20 Å². The van der Waals surface area contributed by atoms with Gasteiger partial charge in [0.15, 0.2) is 0 Å². The van der Waals surface area contributed by atoms with Crippen LogP contribution < -0.4 is 21.7 Å². The average Bonchev–Trinajstić information content (AvgIpc) is 3.27. The quantitative estimate of drug-likeness (QED) is 0.154. The molecule has 0 aliphatic rings. The largest absolute Gasteiger partial charge is 0.481 e. The summed E-state index contributed by atoms with van der Waals surface area (Å²) in [6, 6.07) is 2.43.